The molecule has 0 saturated carbocycles. The van der Waals surface area contributed by atoms with Gasteiger partial charge in [-0.15, -0.1) is 0 Å². The van der Waals surface area contributed by atoms with Crippen molar-refractivity contribution in [3.63, 3.8) is 0 Å². The smallest absolute Gasteiger partial charge is 0.0717 e. The fourth-order valence-corrected chi connectivity index (χ4v) is 1.89. The summed E-state index contributed by atoms with van der Waals surface area (Å²) in [5.74, 6) is 0. The molecule has 1 heterocycles. The zero-order valence-corrected chi connectivity index (χ0v) is 7.70. The van der Waals surface area contributed by atoms with Crippen LogP contribution in [0.3, 0.4) is 0 Å². The lowest BCUT2D eigenvalue weighted by molar-refractivity contribution is 1.25. The monoisotopic (exact) mass is 182 g/mol. The second-order valence-electron chi connectivity index (χ2n) is 3.53. The lowest BCUT2D eigenvalue weighted by atomic mass is 10.1. The molecule has 2 nitrogen and oxygen atoms in total. The van der Waals surface area contributed by atoms with E-state index >= 15 is 0 Å². The maximum atomic E-state index is 5.75. The highest BCUT2D eigenvalue weighted by molar-refractivity contribution is 5.76. The minimum Gasteiger partial charge on any atom is -0.399 e. The minimum absolute atomic E-state index is 0.798. The molecule has 0 spiro atoms. The van der Waals surface area contributed by atoms with Crippen molar-refractivity contribution in [2.24, 2.45) is 4.99 Å². The molecule has 3 rings (SSSR count). The van der Waals surface area contributed by atoms with E-state index < -0.39 is 0 Å². The van der Waals surface area contributed by atoms with Crippen LogP contribution in [0.4, 0.5) is 5.69 Å². The van der Waals surface area contributed by atoms with Crippen molar-refractivity contribution in [1.29, 1.82) is 0 Å². The Hall–Kier alpha value is -1.83. The van der Waals surface area contributed by atoms with Gasteiger partial charge in [-0.1, -0.05) is 18.2 Å². The Morgan fingerprint density at radius 2 is 2.21 bits per heavy atom. The van der Waals surface area contributed by atoms with Crippen LogP contribution in [0.1, 0.15) is 6.42 Å². The lowest BCUT2D eigenvalue weighted by Gasteiger charge is -2.01. The fraction of sp³-hybridized carbons (Fsp3) is 0.0833. The molecule has 1 aromatic carbocycles. The van der Waals surface area contributed by atoms with Crippen LogP contribution in [0.25, 0.3) is 5.57 Å². The van der Waals surface area contributed by atoms with Crippen LogP contribution in [-0.2, 0) is 0 Å². The highest BCUT2D eigenvalue weighted by atomic mass is 14.8. The van der Waals surface area contributed by atoms with E-state index in [9.17, 15) is 0 Å². The molecule has 0 unspecified atom stereocenters. The van der Waals surface area contributed by atoms with Gasteiger partial charge in [0.25, 0.3) is 0 Å². The highest BCUT2D eigenvalue weighted by Crippen LogP contribution is 2.20. The Morgan fingerprint density at radius 3 is 3.14 bits per heavy atom. The third-order valence-corrected chi connectivity index (χ3v) is 2.56. The molecule has 0 amide bonds. The molecule has 0 bridgehead atoms. The summed E-state index contributed by atoms with van der Waals surface area (Å²) in [5.41, 5.74) is 8.85. The van der Waals surface area contributed by atoms with Crippen molar-refractivity contribution in [3.05, 3.63) is 52.7 Å². The Kier molecular flexibility index (Phi) is 1.39. The van der Waals surface area contributed by atoms with Gasteiger partial charge >= 0.3 is 0 Å². The molecule has 0 radical (unpaired) electrons. The predicted molar refractivity (Wildman–Crippen MR) is 56.9 cm³/mol. The third kappa shape index (κ3) is 0.940. The number of nitrogens with zero attached hydrogens (tertiary/aromatic N) is 1. The Morgan fingerprint density at radius 1 is 1.29 bits per heavy atom. The van der Waals surface area contributed by atoms with Gasteiger partial charge in [-0.05, 0) is 24.6 Å². The number of benzene rings is 1. The number of hydrogen-bond donors (Lipinski definition) is 1. The summed E-state index contributed by atoms with van der Waals surface area (Å²) in [5, 5.41) is 2.19. The van der Waals surface area contributed by atoms with Gasteiger partial charge in [-0.3, -0.25) is 0 Å². The van der Waals surface area contributed by atoms with E-state index in [0.717, 1.165) is 28.4 Å². The molecule has 1 aliphatic carbocycles. The molecule has 0 fully saturated rings. The predicted octanol–water partition coefficient (Wildman–Crippen LogP) is 0.896. The van der Waals surface area contributed by atoms with Gasteiger partial charge in [-0.2, -0.15) is 0 Å². The number of hydrogen-bond acceptors (Lipinski definition) is 2. The summed E-state index contributed by atoms with van der Waals surface area (Å²) in [7, 11) is 0. The summed E-state index contributed by atoms with van der Waals surface area (Å²) in [4.78, 5) is 4.53. The topological polar surface area (TPSA) is 38.4 Å². The molecule has 14 heavy (non-hydrogen) atoms. The molecule has 0 saturated heterocycles. The van der Waals surface area contributed by atoms with Crippen LogP contribution in [0.2, 0.25) is 0 Å². The van der Waals surface area contributed by atoms with E-state index in [0.29, 0.717) is 0 Å². The van der Waals surface area contributed by atoms with Crippen molar-refractivity contribution in [1.82, 2.24) is 0 Å². The second kappa shape index (κ2) is 2.58. The van der Waals surface area contributed by atoms with E-state index in [1.165, 1.54) is 5.57 Å². The fourth-order valence-electron chi connectivity index (χ4n) is 1.89. The van der Waals surface area contributed by atoms with Crippen molar-refractivity contribution < 1.29 is 0 Å². The Balaban J connectivity index is 2.47. The number of anilines is 1. The van der Waals surface area contributed by atoms with Crippen LogP contribution in [0, 0.1) is 0 Å². The van der Waals surface area contributed by atoms with Crippen molar-refractivity contribution >= 4 is 11.3 Å². The van der Waals surface area contributed by atoms with Crippen LogP contribution in [-0.4, -0.2) is 0 Å². The first-order valence-corrected chi connectivity index (χ1v) is 4.70. The number of nitrogen functional groups attached to an aromatic ring is 1. The van der Waals surface area contributed by atoms with Crippen LogP contribution in [0.15, 0.2) is 47.1 Å². The quantitative estimate of drug-likeness (QED) is 0.595. The Labute approximate surface area is 81.8 Å². The molecule has 2 aliphatic rings. The molecule has 68 valence electrons. The summed E-state index contributed by atoms with van der Waals surface area (Å²) >= 11 is 0. The molecular weight excluding hydrogens is 172 g/mol. The van der Waals surface area contributed by atoms with Gasteiger partial charge in [0.15, 0.2) is 0 Å². The SMILES string of the molecule is Nc1ccc2c(c1)=C1C=CCC=C1N=2. The number of fused-ring (bicyclic) bond motifs is 2. The maximum absolute atomic E-state index is 5.75. The first kappa shape index (κ1) is 7.56. The van der Waals surface area contributed by atoms with Gasteiger partial charge in [0.2, 0.25) is 0 Å². The van der Waals surface area contributed by atoms with Crippen LogP contribution >= 0.6 is 0 Å². The van der Waals surface area contributed by atoms with E-state index in [1.54, 1.807) is 0 Å². The second-order valence-corrected chi connectivity index (χ2v) is 3.53. The largest absolute Gasteiger partial charge is 0.399 e. The minimum atomic E-state index is 0.798. The molecule has 0 aromatic heterocycles. The number of rotatable bonds is 0. The molecule has 1 aromatic rings. The van der Waals surface area contributed by atoms with Crippen LogP contribution < -0.4 is 16.3 Å². The summed E-state index contributed by atoms with van der Waals surface area (Å²) < 4.78 is 0. The van der Waals surface area contributed by atoms with Crippen molar-refractivity contribution in [2.75, 3.05) is 5.73 Å². The van der Waals surface area contributed by atoms with E-state index in [1.807, 2.05) is 18.2 Å². The lowest BCUT2D eigenvalue weighted by Crippen LogP contribution is -2.22. The molecule has 2 heteroatoms. The molecular formula is C12H10N2. The average Bonchev–Trinajstić information content (AvgIpc) is 2.56. The van der Waals surface area contributed by atoms with E-state index in [-0.39, 0.29) is 0 Å². The summed E-state index contributed by atoms with van der Waals surface area (Å²) in [6.07, 6.45) is 7.40. The van der Waals surface area contributed by atoms with Crippen molar-refractivity contribution in [3.8, 4) is 0 Å². The summed E-state index contributed by atoms with van der Waals surface area (Å²) in [6, 6.07) is 5.86. The average molecular weight is 182 g/mol. The van der Waals surface area contributed by atoms with Gasteiger partial charge in [0, 0.05) is 16.5 Å². The molecule has 2 N–H and O–H groups in total. The zero-order valence-electron chi connectivity index (χ0n) is 7.70. The number of nitrogens with two attached hydrogens (primary N) is 1. The molecule has 1 aliphatic heterocycles. The van der Waals surface area contributed by atoms with E-state index in [4.69, 9.17) is 5.73 Å². The highest BCUT2D eigenvalue weighted by Gasteiger charge is 2.11. The first-order valence-electron chi connectivity index (χ1n) is 4.70. The zero-order chi connectivity index (χ0) is 9.54. The van der Waals surface area contributed by atoms with Crippen molar-refractivity contribution in [2.45, 2.75) is 6.42 Å². The van der Waals surface area contributed by atoms with Gasteiger partial charge in [-0.25, -0.2) is 4.99 Å². The van der Waals surface area contributed by atoms with E-state index in [2.05, 4.69) is 23.2 Å². The van der Waals surface area contributed by atoms with Crippen LogP contribution in [0.5, 0.6) is 0 Å². The number of allylic oxidation sites excluding steroid dienone is 3. The molecule has 0 atom stereocenters. The first-order chi connectivity index (χ1) is 6.84. The summed E-state index contributed by atoms with van der Waals surface area (Å²) in [6.45, 7) is 0. The third-order valence-electron chi connectivity index (χ3n) is 2.56. The van der Waals surface area contributed by atoms with Gasteiger partial charge < -0.3 is 5.73 Å². The standard InChI is InChI=1S/C12H10N2/c13-8-5-6-12-10(7-8)9-3-1-2-4-11(9)14-12/h1,3-7H,2,13H2. The normalized spacial score (nSPS) is 17.1. The maximum Gasteiger partial charge on any atom is 0.0717 e. The van der Waals surface area contributed by atoms with Gasteiger partial charge in [0.05, 0.1) is 11.1 Å². The Bertz CT molecular complexity index is 577. The van der Waals surface area contributed by atoms with Gasteiger partial charge in [0.1, 0.15) is 0 Å².